The first kappa shape index (κ1) is 11.4. The van der Waals surface area contributed by atoms with Crippen molar-refractivity contribution >= 4 is 11.5 Å². The highest BCUT2D eigenvalue weighted by atomic mass is 19.4. The van der Waals surface area contributed by atoms with E-state index in [9.17, 15) is 18.0 Å². The minimum atomic E-state index is -4.62. The minimum Gasteiger partial charge on any atom is -0.478 e. The number of pyridine rings is 1. The van der Waals surface area contributed by atoms with Gasteiger partial charge in [-0.1, -0.05) is 0 Å². The molecule has 0 aliphatic carbocycles. The largest absolute Gasteiger partial charge is 0.478 e. The lowest BCUT2D eigenvalue weighted by molar-refractivity contribution is -0.145. The van der Waals surface area contributed by atoms with Crippen LogP contribution in [0.1, 0.15) is 21.9 Å². The van der Waals surface area contributed by atoms with Crippen LogP contribution in [0, 0.1) is 6.92 Å². The second-order valence-electron chi connectivity index (χ2n) is 3.50. The number of hydrogen-bond donors (Lipinski definition) is 1. The van der Waals surface area contributed by atoms with Gasteiger partial charge in [0.2, 0.25) is 5.82 Å². The number of aromatic nitrogens is 2. The summed E-state index contributed by atoms with van der Waals surface area (Å²) in [5.41, 5.74) is 0.219. The maximum absolute atomic E-state index is 12.6. The van der Waals surface area contributed by atoms with Crippen LogP contribution < -0.4 is 0 Å². The van der Waals surface area contributed by atoms with Crippen LogP contribution in [0.5, 0.6) is 0 Å². The van der Waals surface area contributed by atoms with Gasteiger partial charge in [0.15, 0.2) is 0 Å². The van der Waals surface area contributed by atoms with Crippen LogP contribution in [0.4, 0.5) is 13.2 Å². The molecule has 0 aliphatic heterocycles. The smallest absolute Gasteiger partial charge is 0.450 e. The first-order chi connectivity index (χ1) is 7.80. The van der Waals surface area contributed by atoms with Gasteiger partial charge in [-0.2, -0.15) is 13.2 Å². The Morgan fingerprint density at radius 1 is 1.41 bits per heavy atom. The molecular formula is C10H7F3N2O2. The van der Waals surface area contributed by atoms with E-state index in [1.807, 2.05) is 0 Å². The summed E-state index contributed by atoms with van der Waals surface area (Å²) in [7, 11) is 0. The number of imidazole rings is 1. The quantitative estimate of drug-likeness (QED) is 0.837. The lowest BCUT2D eigenvalue weighted by Crippen LogP contribution is -2.11. The third-order valence-corrected chi connectivity index (χ3v) is 2.32. The van der Waals surface area contributed by atoms with Crippen molar-refractivity contribution in [3.05, 3.63) is 35.4 Å². The molecule has 0 bridgehead atoms. The highest BCUT2D eigenvalue weighted by Crippen LogP contribution is 2.30. The van der Waals surface area contributed by atoms with E-state index in [1.165, 1.54) is 19.1 Å². The number of nitrogens with zero attached hydrogens (tertiary/aromatic N) is 2. The fourth-order valence-electron chi connectivity index (χ4n) is 1.57. The number of carboxylic acid groups (broad SMARTS) is 1. The van der Waals surface area contributed by atoms with E-state index in [0.717, 1.165) is 10.6 Å². The summed E-state index contributed by atoms with van der Waals surface area (Å²) in [5.74, 6) is -2.40. The van der Waals surface area contributed by atoms with Gasteiger partial charge in [-0.25, -0.2) is 9.78 Å². The van der Waals surface area contributed by atoms with Crippen molar-refractivity contribution < 1.29 is 23.1 Å². The molecule has 0 unspecified atom stereocenters. The van der Waals surface area contributed by atoms with Crippen molar-refractivity contribution in [1.82, 2.24) is 9.38 Å². The monoisotopic (exact) mass is 244 g/mol. The molecule has 0 atom stereocenters. The van der Waals surface area contributed by atoms with Gasteiger partial charge >= 0.3 is 12.1 Å². The molecule has 2 aromatic rings. The number of rotatable bonds is 1. The van der Waals surface area contributed by atoms with Crippen molar-refractivity contribution in [1.29, 1.82) is 0 Å². The molecule has 0 aliphatic rings. The lowest BCUT2D eigenvalue weighted by atomic mass is 10.2. The Labute approximate surface area is 93.3 Å². The van der Waals surface area contributed by atoms with Crippen molar-refractivity contribution in [2.45, 2.75) is 13.1 Å². The molecule has 0 spiro atoms. The molecule has 4 nitrogen and oxygen atoms in total. The topological polar surface area (TPSA) is 54.6 Å². The predicted molar refractivity (Wildman–Crippen MR) is 51.9 cm³/mol. The molecule has 1 N–H and O–H groups in total. The second kappa shape index (κ2) is 3.47. The minimum absolute atomic E-state index is 0.203. The Morgan fingerprint density at radius 3 is 2.59 bits per heavy atom. The van der Waals surface area contributed by atoms with Crippen LogP contribution in [0.3, 0.4) is 0 Å². The van der Waals surface area contributed by atoms with Crippen molar-refractivity contribution in [3.8, 4) is 0 Å². The van der Waals surface area contributed by atoms with Crippen LogP contribution >= 0.6 is 0 Å². The van der Waals surface area contributed by atoms with Gasteiger partial charge < -0.3 is 5.11 Å². The molecule has 0 saturated heterocycles. The molecule has 7 heteroatoms. The van der Waals surface area contributed by atoms with Crippen LogP contribution in [-0.2, 0) is 6.18 Å². The van der Waals surface area contributed by atoms with Gasteiger partial charge in [0.1, 0.15) is 0 Å². The molecule has 0 saturated carbocycles. The molecule has 90 valence electrons. The average molecular weight is 244 g/mol. The van der Waals surface area contributed by atoms with Crippen LogP contribution in [-0.4, -0.2) is 20.5 Å². The Bertz CT molecular complexity index is 601. The Hall–Kier alpha value is -2.05. The van der Waals surface area contributed by atoms with E-state index in [-0.39, 0.29) is 16.8 Å². The number of alkyl halides is 3. The zero-order valence-corrected chi connectivity index (χ0v) is 8.62. The molecule has 17 heavy (non-hydrogen) atoms. The van der Waals surface area contributed by atoms with Crippen LogP contribution in [0.15, 0.2) is 18.3 Å². The van der Waals surface area contributed by atoms with Gasteiger partial charge in [-0.15, -0.1) is 0 Å². The molecule has 2 heterocycles. The number of aromatic carboxylic acids is 1. The predicted octanol–water partition coefficient (Wildman–Crippen LogP) is 2.36. The van der Waals surface area contributed by atoms with Gasteiger partial charge in [0.25, 0.3) is 0 Å². The van der Waals surface area contributed by atoms with Gasteiger partial charge in [-0.3, -0.25) is 4.40 Å². The van der Waals surface area contributed by atoms with E-state index < -0.39 is 18.0 Å². The SMILES string of the molecule is Cc1nc(C(F)(F)F)n2cc(C(=O)O)ccc12. The molecular weight excluding hydrogens is 237 g/mol. The second-order valence-corrected chi connectivity index (χ2v) is 3.50. The molecule has 2 rings (SSSR count). The summed E-state index contributed by atoms with van der Waals surface area (Å²) >= 11 is 0. The third-order valence-electron chi connectivity index (χ3n) is 2.32. The number of halogens is 3. The summed E-state index contributed by atoms with van der Waals surface area (Å²) < 4.78 is 38.6. The van der Waals surface area contributed by atoms with Gasteiger partial charge in [0, 0.05) is 6.20 Å². The molecule has 0 radical (unpaired) electrons. The fraction of sp³-hybridized carbons (Fsp3) is 0.200. The Morgan fingerprint density at radius 2 is 2.06 bits per heavy atom. The summed E-state index contributed by atoms with van der Waals surface area (Å²) in [5, 5.41) is 8.73. The summed E-state index contributed by atoms with van der Waals surface area (Å²) in [4.78, 5) is 14.1. The number of carboxylic acids is 1. The summed E-state index contributed by atoms with van der Waals surface area (Å²) in [6.07, 6.45) is -3.70. The zero-order valence-electron chi connectivity index (χ0n) is 8.62. The number of aryl methyl sites for hydroxylation is 1. The van der Waals surface area contributed by atoms with Crippen molar-refractivity contribution in [2.24, 2.45) is 0 Å². The van der Waals surface area contributed by atoms with E-state index >= 15 is 0 Å². The van der Waals surface area contributed by atoms with E-state index in [4.69, 9.17) is 5.11 Å². The van der Waals surface area contributed by atoms with Gasteiger partial charge in [0.05, 0.1) is 16.8 Å². The summed E-state index contributed by atoms with van der Waals surface area (Å²) in [6, 6.07) is 2.55. The Kier molecular flexibility index (Phi) is 2.34. The highest BCUT2D eigenvalue weighted by Gasteiger charge is 2.36. The van der Waals surface area contributed by atoms with E-state index in [1.54, 1.807) is 0 Å². The van der Waals surface area contributed by atoms with Crippen molar-refractivity contribution in [3.63, 3.8) is 0 Å². The third kappa shape index (κ3) is 1.83. The Balaban J connectivity index is 2.78. The zero-order chi connectivity index (χ0) is 12.8. The first-order valence-corrected chi connectivity index (χ1v) is 4.60. The molecule has 0 amide bonds. The van der Waals surface area contributed by atoms with Crippen LogP contribution in [0.25, 0.3) is 5.52 Å². The first-order valence-electron chi connectivity index (χ1n) is 4.60. The maximum atomic E-state index is 12.6. The number of fused-ring (bicyclic) bond motifs is 1. The summed E-state index contributed by atoms with van der Waals surface area (Å²) in [6.45, 7) is 1.44. The number of carbonyl (C=O) groups is 1. The highest BCUT2D eigenvalue weighted by molar-refractivity contribution is 5.87. The molecule has 0 fully saturated rings. The molecule has 2 aromatic heterocycles. The van der Waals surface area contributed by atoms with Crippen LogP contribution in [0.2, 0.25) is 0 Å². The molecule has 0 aromatic carbocycles. The average Bonchev–Trinajstić information content (AvgIpc) is 2.55. The van der Waals surface area contributed by atoms with E-state index in [2.05, 4.69) is 4.98 Å². The number of hydrogen-bond acceptors (Lipinski definition) is 2. The lowest BCUT2D eigenvalue weighted by Gasteiger charge is -2.05. The van der Waals surface area contributed by atoms with E-state index in [0.29, 0.717) is 0 Å². The standard InChI is InChI=1S/C10H7F3N2O2/c1-5-7-3-2-6(8(16)17)4-15(7)9(14-5)10(11,12)13/h2-4H,1H3,(H,16,17). The normalized spacial score (nSPS) is 12.0. The fourth-order valence-corrected chi connectivity index (χ4v) is 1.57. The maximum Gasteiger partial charge on any atom is 0.450 e. The van der Waals surface area contributed by atoms with Gasteiger partial charge in [-0.05, 0) is 19.1 Å². The van der Waals surface area contributed by atoms with Crippen molar-refractivity contribution in [2.75, 3.05) is 0 Å².